The Hall–Kier alpha value is -2.08. The lowest BCUT2D eigenvalue weighted by atomic mass is 9.92. The van der Waals surface area contributed by atoms with Crippen molar-refractivity contribution in [1.29, 1.82) is 0 Å². The zero-order chi connectivity index (χ0) is 18.7. The topological polar surface area (TPSA) is 67.9 Å². The number of benzene rings is 1. The molecule has 0 fully saturated rings. The summed E-state index contributed by atoms with van der Waals surface area (Å²) in [6, 6.07) is 7.64. The van der Waals surface area contributed by atoms with Gasteiger partial charge < -0.3 is 19.7 Å². The number of alkyl carbamates (subject to hydrolysis) is 1. The highest BCUT2D eigenvalue weighted by molar-refractivity contribution is 5.88. The number of hydrogen-bond acceptors (Lipinski definition) is 5. The Balaban J connectivity index is 2.24. The van der Waals surface area contributed by atoms with E-state index < -0.39 is 23.2 Å². The van der Waals surface area contributed by atoms with Crippen molar-refractivity contribution < 1.29 is 19.1 Å². The third-order valence-corrected chi connectivity index (χ3v) is 4.08. The first-order chi connectivity index (χ1) is 11.6. The highest BCUT2D eigenvalue weighted by Crippen LogP contribution is 2.38. The molecule has 0 radical (unpaired) electrons. The molecule has 1 atom stereocenters. The quantitative estimate of drug-likeness (QED) is 0.828. The van der Waals surface area contributed by atoms with Crippen LogP contribution in [0, 0.1) is 0 Å². The fraction of sp³-hybridized carbons (Fsp3) is 0.579. The van der Waals surface area contributed by atoms with Crippen LogP contribution in [-0.4, -0.2) is 49.8 Å². The second-order valence-corrected chi connectivity index (χ2v) is 7.63. The highest BCUT2D eigenvalue weighted by Gasteiger charge is 2.48. The van der Waals surface area contributed by atoms with Gasteiger partial charge in [-0.3, -0.25) is 0 Å². The summed E-state index contributed by atoms with van der Waals surface area (Å²) in [6.45, 7) is 6.26. The van der Waals surface area contributed by atoms with E-state index >= 15 is 0 Å². The fourth-order valence-electron chi connectivity index (χ4n) is 2.93. The summed E-state index contributed by atoms with van der Waals surface area (Å²) in [4.78, 5) is 27.2. The summed E-state index contributed by atoms with van der Waals surface area (Å²) in [5.74, 6) is -0.440. The van der Waals surface area contributed by atoms with E-state index in [1.165, 1.54) is 0 Å². The molecule has 0 heterocycles. The second kappa shape index (κ2) is 7.44. The molecule has 25 heavy (non-hydrogen) atoms. The molecule has 0 saturated heterocycles. The van der Waals surface area contributed by atoms with Crippen LogP contribution in [0.2, 0.25) is 0 Å². The Bertz CT molecular complexity index is 637. The number of aryl methyl sites for hydroxylation is 1. The molecule has 1 aromatic rings. The van der Waals surface area contributed by atoms with E-state index in [0.29, 0.717) is 19.4 Å². The molecule has 6 nitrogen and oxygen atoms in total. The maximum absolute atomic E-state index is 12.9. The normalized spacial score (nSPS) is 19.4. The number of likely N-dealkylation sites (N-methyl/N-ethyl adjacent to an activating group) is 1. The van der Waals surface area contributed by atoms with Gasteiger partial charge in [0.25, 0.3) is 0 Å². The first kappa shape index (κ1) is 19.2. The molecule has 1 unspecified atom stereocenters. The standard InChI is InChI=1S/C19H28N2O4/c1-18(2,3)25-17(23)20-19(16(22)24-13-12-21(4)5)11-10-14-8-6-7-9-15(14)19/h6-9H,10-13H2,1-5H3,(H,20,23). The number of carbonyl (C=O) groups excluding carboxylic acids is 2. The Morgan fingerprint density at radius 1 is 1.24 bits per heavy atom. The summed E-state index contributed by atoms with van der Waals surface area (Å²) < 4.78 is 10.8. The number of carbonyl (C=O) groups is 2. The SMILES string of the molecule is CN(C)CCOC(=O)C1(NC(=O)OC(C)(C)C)CCc2ccccc21. The van der Waals surface area contributed by atoms with Crippen LogP contribution < -0.4 is 5.32 Å². The number of esters is 1. The van der Waals surface area contributed by atoms with Gasteiger partial charge in [0.15, 0.2) is 5.54 Å². The van der Waals surface area contributed by atoms with Crippen LogP contribution in [-0.2, 0) is 26.2 Å². The molecule has 0 aromatic heterocycles. The van der Waals surface area contributed by atoms with Crippen molar-refractivity contribution in [2.45, 2.75) is 44.8 Å². The lowest BCUT2D eigenvalue weighted by Crippen LogP contribution is -2.52. The van der Waals surface area contributed by atoms with Gasteiger partial charge in [-0.15, -0.1) is 0 Å². The van der Waals surface area contributed by atoms with Gasteiger partial charge in [-0.05, 0) is 58.8 Å². The minimum Gasteiger partial charge on any atom is -0.462 e. The Morgan fingerprint density at radius 3 is 2.56 bits per heavy atom. The van der Waals surface area contributed by atoms with Crippen LogP contribution in [0.3, 0.4) is 0 Å². The van der Waals surface area contributed by atoms with Gasteiger partial charge in [0.1, 0.15) is 12.2 Å². The largest absolute Gasteiger partial charge is 0.462 e. The van der Waals surface area contributed by atoms with Gasteiger partial charge in [-0.25, -0.2) is 9.59 Å². The summed E-state index contributed by atoms with van der Waals surface area (Å²) in [5, 5.41) is 2.79. The highest BCUT2D eigenvalue weighted by atomic mass is 16.6. The van der Waals surface area contributed by atoms with Gasteiger partial charge >= 0.3 is 12.1 Å². The molecule has 1 N–H and O–H groups in total. The molecule has 0 spiro atoms. The number of amides is 1. The minimum atomic E-state index is -1.19. The Kier molecular flexibility index (Phi) is 5.72. The van der Waals surface area contributed by atoms with Gasteiger partial charge in [-0.2, -0.15) is 0 Å². The molecule has 1 aliphatic carbocycles. The molecule has 1 amide bonds. The van der Waals surface area contributed by atoms with Crippen LogP contribution in [0.1, 0.15) is 38.3 Å². The average molecular weight is 348 g/mol. The first-order valence-electron chi connectivity index (χ1n) is 8.55. The van der Waals surface area contributed by atoms with Crippen molar-refractivity contribution in [3.63, 3.8) is 0 Å². The van der Waals surface area contributed by atoms with Crippen molar-refractivity contribution in [3.8, 4) is 0 Å². The van der Waals surface area contributed by atoms with Crippen molar-refractivity contribution >= 4 is 12.1 Å². The van der Waals surface area contributed by atoms with Crippen molar-refractivity contribution in [3.05, 3.63) is 35.4 Å². The second-order valence-electron chi connectivity index (χ2n) is 7.63. The number of nitrogens with zero attached hydrogens (tertiary/aromatic N) is 1. The molecule has 6 heteroatoms. The van der Waals surface area contributed by atoms with E-state index in [4.69, 9.17) is 9.47 Å². The van der Waals surface area contributed by atoms with Gasteiger partial charge in [0.05, 0.1) is 0 Å². The molecule has 138 valence electrons. The number of ether oxygens (including phenoxy) is 2. The summed E-state index contributed by atoms with van der Waals surface area (Å²) in [6.07, 6.45) is 0.551. The Labute approximate surface area is 149 Å². The van der Waals surface area contributed by atoms with Crippen LogP contribution in [0.25, 0.3) is 0 Å². The van der Waals surface area contributed by atoms with E-state index in [2.05, 4.69) is 5.32 Å². The molecule has 1 aliphatic rings. The lowest BCUT2D eigenvalue weighted by Gasteiger charge is -2.31. The predicted molar refractivity (Wildman–Crippen MR) is 95.3 cm³/mol. The molecule has 1 aromatic carbocycles. The molecule has 2 rings (SSSR count). The maximum Gasteiger partial charge on any atom is 0.408 e. The van der Waals surface area contributed by atoms with Crippen molar-refractivity contribution in [1.82, 2.24) is 10.2 Å². The summed E-state index contributed by atoms with van der Waals surface area (Å²) in [7, 11) is 3.82. The molecular weight excluding hydrogens is 320 g/mol. The zero-order valence-electron chi connectivity index (χ0n) is 15.7. The van der Waals surface area contributed by atoms with Crippen LogP contribution in [0.5, 0.6) is 0 Å². The number of nitrogens with one attached hydrogen (secondary N) is 1. The summed E-state index contributed by atoms with van der Waals surface area (Å²) >= 11 is 0. The third kappa shape index (κ3) is 4.72. The van der Waals surface area contributed by atoms with E-state index in [1.54, 1.807) is 20.8 Å². The smallest absolute Gasteiger partial charge is 0.408 e. The van der Waals surface area contributed by atoms with E-state index in [0.717, 1.165) is 11.1 Å². The Morgan fingerprint density at radius 2 is 1.92 bits per heavy atom. The maximum atomic E-state index is 12.9. The van der Waals surface area contributed by atoms with Crippen LogP contribution in [0.15, 0.2) is 24.3 Å². The lowest BCUT2D eigenvalue weighted by molar-refractivity contribution is -0.152. The first-order valence-corrected chi connectivity index (χ1v) is 8.55. The van der Waals surface area contributed by atoms with Crippen molar-refractivity contribution in [2.24, 2.45) is 0 Å². The zero-order valence-corrected chi connectivity index (χ0v) is 15.7. The number of rotatable bonds is 5. The predicted octanol–water partition coefficient (Wildman–Crippen LogP) is 2.46. The van der Waals surface area contributed by atoms with Gasteiger partial charge in [0.2, 0.25) is 0 Å². The molecule has 0 aliphatic heterocycles. The van der Waals surface area contributed by atoms with Crippen molar-refractivity contribution in [2.75, 3.05) is 27.2 Å². The third-order valence-electron chi connectivity index (χ3n) is 4.08. The molecule has 0 saturated carbocycles. The minimum absolute atomic E-state index is 0.270. The molecular formula is C19H28N2O4. The average Bonchev–Trinajstić information content (AvgIpc) is 2.85. The number of hydrogen-bond donors (Lipinski definition) is 1. The fourth-order valence-corrected chi connectivity index (χ4v) is 2.93. The molecule has 0 bridgehead atoms. The summed E-state index contributed by atoms with van der Waals surface area (Å²) in [5.41, 5.74) is 0.00235. The number of fused-ring (bicyclic) bond motifs is 1. The van der Waals surface area contributed by atoms with Crippen LogP contribution >= 0.6 is 0 Å². The van der Waals surface area contributed by atoms with E-state index in [-0.39, 0.29) is 6.61 Å². The van der Waals surface area contributed by atoms with Gasteiger partial charge in [0, 0.05) is 6.54 Å². The monoisotopic (exact) mass is 348 g/mol. The van der Waals surface area contributed by atoms with E-state index in [9.17, 15) is 9.59 Å². The van der Waals surface area contributed by atoms with E-state index in [1.807, 2.05) is 43.3 Å². The van der Waals surface area contributed by atoms with Gasteiger partial charge in [-0.1, -0.05) is 24.3 Å². The van der Waals surface area contributed by atoms with Crippen LogP contribution in [0.4, 0.5) is 4.79 Å².